The number of aliphatic hydroxyl groups is 1. The van der Waals surface area contributed by atoms with Crippen LogP contribution < -0.4 is 0 Å². The van der Waals surface area contributed by atoms with Gasteiger partial charge >= 0.3 is 39.5 Å². The Bertz CT molecular complexity index is 1940. The van der Waals surface area contributed by atoms with Gasteiger partial charge in [0.05, 0.1) is 26.4 Å². The second-order valence-corrected chi connectivity index (χ2v) is 33.3. The normalized spacial score (nSPS) is 13.8. The highest BCUT2D eigenvalue weighted by atomic mass is 31.2. The van der Waals surface area contributed by atoms with Crippen LogP contribution in [0.15, 0.2) is 0 Å². The molecule has 0 aromatic rings. The highest BCUT2D eigenvalue weighted by Gasteiger charge is 2.30. The van der Waals surface area contributed by atoms with Crippen LogP contribution in [0.2, 0.25) is 0 Å². The minimum absolute atomic E-state index is 0.108. The fourth-order valence-electron chi connectivity index (χ4n) is 12.9. The first-order valence-electron chi connectivity index (χ1n) is 43.1. The molecule has 606 valence electrons. The number of rotatable bonds is 83. The van der Waals surface area contributed by atoms with Crippen LogP contribution in [0.5, 0.6) is 0 Å². The zero-order chi connectivity index (χ0) is 74.8. The maximum atomic E-state index is 13.1. The van der Waals surface area contributed by atoms with Crippen LogP contribution in [-0.2, 0) is 65.4 Å². The van der Waals surface area contributed by atoms with E-state index in [-0.39, 0.29) is 25.7 Å². The molecule has 0 aromatic heterocycles. The summed E-state index contributed by atoms with van der Waals surface area (Å²) in [6.07, 6.45) is 67.9. The molecule has 5 atom stereocenters. The molecular weight excluding hydrogens is 1330 g/mol. The number of unbranched alkanes of at least 4 members (excludes halogenated alkanes) is 55. The Balaban J connectivity index is 5.24. The van der Waals surface area contributed by atoms with Crippen LogP contribution in [0.25, 0.3) is 0 Å². The number of aliphatic hydroxyl groups excluding tert-OH is 1. The second kappa shape index (κ2) is 75.9. The molecule has 3 N–H and O–H groups in total. The Morgan fingerprint density at radius 3 is 0.667 bits per heavy atom. The van der Waals surface area contributed by atoms with Crippen molar-refractivity contribution in [2.45, 2.75) is 464 Å². The van der Waals surface area contributed by atoms with Crippen molar-refractivity contribution in [2.24, 2.45) is 5.92 Å². The van der Waals surface area contributed by atoms with Crippen LogP contribution in [-0.4, -0.2) is 96.7 Å². The molecule has 0 rings (SSSR count). The van der Waals surface area contributed by atoms with Crippen molar-refractivity contribution >= 4 is 39.5 Å². The Kier molecular flexibility index (Phi) is 74.4. The number of phosphoric acid groups is 2. The summed E-state index contributed by atoms with van der Waals surface area (Å²) in [6.45, 7) is 7.37. The van der Waals surface area contributed by atoms with Gasteiger partial charge in [-0.15, -0.1) is 0 Å². The van der Waals surface area contributed by atoms with E-state index in [0.717, 1.165) is 95.8 Å². The summed E-state index contributed by atoms with van der Waals surface area (Å²) in [4.78, 5) is 73.1. The van der Waals surface area contributed by atoms with E-state index in [0.29, 0.717) is 25.7 Å². The van der Waals surface area contributed by atoms with E-state index in [4.69, 9.17) is 37.0 Å². The van der Waals surface area contributed by atoms with Crippen LogP contribution in [0.3, 0.4) is 0 Å². The first-order chi connectivity index (χ1) is 49.5. The van der Waals surface area contributed by atoms with Crippen molar-refractivity contribution in [3.05, 3.63) is 0 Å². The minimum atomic E-state index is -4.96. The summed E-state index contributed by atoms with van der Waals surface area (Å²) in [5.74, 6) is -1.30. The molecule has 0 aliphatic heterocycles. The maximum absolute atomic E-state index is 13.1. The standard InChI is InChI=1S/C83H162O17P2/c1-6-9-12-15-18-21-24-27-28-29-30-31-32-33-39-44-49-54-59-64-69-83(88)100-79(73-94-81(86)67-62-57-52-47-42-38-35-34-37-40-45-50-55-60-65-76(4)5)75-98-102(91,92)96-71-77(84)70-95-101(89,90)97-74-78(72-93-80(85)66-61-56-51-46-41-26-23-20-17-14-11-8-3)99-82(87)68-63-58-53-48-43-36-25-22-19-16-13-10-7-2/h76-79,84H,6-75H2,1-5H3,(H,89,90)(H,91,92)/t77-,78+,79+/m0/s1. The van der Waals surface area contributed by atoms with Gasteiger partial charge < -0.3 is 33.8 Å². The van der Waals surface area contributed by atoms with Crippen LogP contribution in [0, 0.1) is 5.92 Å². The lowest BCUT2D eigenvalue weighted by atomic mass is 10.0. The molecule has 0 aliphatic rings. The first-order valence-corrected chi connectivity index (χ1v) is 46.1. The van der Waals surface area contributed by atoms with E-state index >= 15 is 0 Å². The SMILES string of the molecule is CCCCCCCCCCCCCCCCCCCCCCC(=O)O[C@H](COC(=O)CCCCCCCCCCCCCCCCC(C)C)COP(=O)(O)OC[C@@H](O)COP(=O)(O)OC[C@@H](COC(=O)CCCCCCCCCCCCCC)OC(=O)CCCCCCCCCCCCCCC. The predicted molar refractivity (Wildman–Crippen MR) is 418 cm³/mol. The molecule has 0 fully saturated rings. The molecule has 2 unspecified atom stereocenters. The first kappa shape index (κ1) is 100. The molecule has 0 aliphatic carbocycles. The zero-order valence-corrected chi connectivity index (χ0v) is 68.5. The van der Waals surface area contributed by atoms with Gasteiger partial charge in [-0.1, -0.05) is 394 Å². The van der Waals surface area contributed by atoms with Gasteiger partial charge in [-0.2, -0.15) is 0 Å². The van der Waals surface area contributed by atoms with E-state index in [1.807, 2.05) is 0 Å². The predicted octanol–water partition coefficient (Wildman–Crippen LogP) is 25.2. The third-order valence-corrected chi connectivity index (χ3v) is 21.4. The van der Waals surface area contributed by atoms with E-state index in [2.05, 4.69) is 34.6 Å². The van der Waals surface area contributed by atoms with Crippen LogP contribution in [0.4, 0.5) is 0 Å². The van der Waals surface area contributed by atoms with Crippen molar-refractivity contribution in [3.63, 3.8) is 0 Å². The molecule has 0 radical (unpaired) electrons. The summed E-state index contributed by atoms with van der Waals surface area (Å²) < 4.78 is 68.8. The summed E-state index contributed by atoms with van der Waals surface area (Å²) >= 11 is 0. The lowest BCUT2D eigenvalue weighted by Gasteiger charge is -2.21. The Labute approximate surface area is 626 Å². The average Bonchev–Trinajstić information content (AvgIpc) is 1.08. The van der Waals surface area contributed by atoms with Crippen molar-refractivity contribution in [1.82, 2.24) is 0 Å². The number of phosphoric ester groups is 2. The van der Waals surface area contributed by atoms with Gasteiger partial charge in [-0.3, -0.25) is 37.3 Å². The minimum Gasteiger partial charge on any atom is -0.462 e. The van der Waals surface area contributed by atoms with E-state index in [9.17, 15) is 43.2 Å². The van der Waals surface area contributed by atoms with Crippen molar-refractivity contribution in [1.29, 1.82) is 0 Å². The summed E-state index contributed by atoms with van der Waals surface area (Å²) in [5, 5.41) is 10.7. The molecule has 0 heterocycles. The number of ether oxygens (including phenoxy) is 4. The van der Waals surface area contributed by atoms with Gasteiger partial charge in [-0.25, -0.2) is 9.13 Å². The van der Waals surface area contributed by atoms with Crippen molar-refractivity contribution in [3.8, 4) is 0 Å². The van der Waals surface area contributed by atoms with Gasteiger partial charge in [-0.05, 0) is 31.6 Å². The quantitative estimate of drug-likeness (QED) is 0.0222. The largest absolute Gasteiger partial charge is 0.472 e. The van der Waals surface area contributed by atoms with Crippen molar-refractivity contribution < 1.29 is 80.2 Å². The third kappa shape index (κ3) is 76.3. The molecule has 102 heavy (non-hydrogen) atoms. The van der Waals surface area contributed by atoms with Gasteiger partial charge in [0.2, 0.25) is 0 Å². The molecule has 0 spiro atoms. The smallest absolute Gasteiger partial charge is 0.462 e. The van der Waals surface area contributed by atoms with E-state index < -0.39 is 97.5 Å². The number of carbonyl (C=O) groups is 4. The number of esters is 4. The van der Waals surface area contributed by atoms with Crippen molar-refractivity contribution in [2.75, 3.05) is 39.6 Å². The van der Waals surface area contributed by atoms with E-state index in [1.165, 1.54) is 270 Å². The summed E-state index contributed by atoms with van der Waals surface area (Å²) in [7, 11) is -9.92. The highest BCUT2D eigenvalue weighted by Crippen LogP contribution is 2.45. The van der Waals surface area contributed by atoms with Gasteiger partial charge in [0.1, 0.15) is 19.3 Å². The summed E-state index contributed by atoms with van der Waals surface area (Å²) in [5.41, 5.74) is 0. The van der Waals surface area contributed by atoms with Gasteiger partial charge in [0.25, 0.3) is 0 Å². The molecule has 0 aromatic carbocycles. The lowest BCUT2D eigenvalue weighted by molar-refractivity contribution is -0.161. The fourth-order valence-corrected chi connectivity index (χ4v) is 14.5. The molecule has 0 saturated heterocycles. The van der Waals surface area contributed by atoms with Gasteiger partial charge in [0.15, 0.2) is 12.2 Å². The fraction of sp³-hybridized carbons (Fsp3) is 0.952. The maximum Gasteiger partial charge on any atom is 0.472 e. The number of hydrogen-bond acceptors (Lipinski definition) is 15. The van der Waals surface area contributed by atoms with E-state index in [1.54, 1.807) is 0 Å². The van der Waals surface area contributed by atoms with Gasteiger partial charge in [0, 0.05) is 25.7 Å². The molecule has 0 bridgehead atoms. The molecular formula is C83H162O17P2. The van der Waals surface area contributed by atoms with Crippen LogP contribution in [0.1, 0.15) is 446 Å². The van der Waals surface area contributed by atoms with Crippen LogP contribution >= 0.6 is 15.6 Å². The topological polar surface area (TPSA) is 237 Å². The Morgan fingerprint density at radius 1 is 0.265 bits per heavy atom. The molecule has 17 nitrogen and oxygen atoms in total. The third-order valence-electron chi connectivity index (χ3n) is 19.5. The summed E-state index contributed by atoms with van der Waals surface area (Å²) in [6, 6.07) is 0. The Hall–Kier alpha value is -1.94. The highest BCUT2D eigenvalue weighted by molar-refractivity contribution is 7.47. The second-order valence-electron chi connectivity index (χ2n) is 30.3. The zero-order valence-electron chi connectivity index (χ0n) is 66.8. The molecule has 0 saturated carbocycles. The molecule has 19 heteroatoms. The Morgan fingerprint density at radius 2 is 0.451 bits per heavy atom. The molecule has 0 amide bonds. The number of carbonyl (C=O) groups excluding carboxylic acids is 4. The monoisotopic (exact) mass is 1490 g/mol. The average molecular weight is 1490 g/mol. The number of hydrogen-bond donors (Lipinski definition) is 3. The lowest BCUT2D eigenvalue weighted by Crippen LogP contribution is -2.30.